The molecule has 1 fully saturated rings. The number of benzene rings is 3. The molecule has 3 aromatic rings. The maximum Gasteiger partial charge on any atom is 0.255 e. The predicted octanol–water partition coefficient (Wildman–Crippen LogP) is 3.80. The Hall–Kier alpha value is -4.13. The standard InChI is InChI=1S/C28H26N4O3/c33-25(30-22-10-4-6-12-24(22)31-16-15-18-7-1-5-11-23(18)31)17-29-27(34)26-20-8-2-3-9-21(20)28(35)32(26)19-13-14-19/h1-12,19,26H,13-17H2,(H,29,34)(H,30,33). The van der Waals surface area contributed by atoms with Gasteiger partial charge in [-0.15, -0.1) is 0 Å². The van der Waals surface area contributed by atoms with Gasteiger partial charge in [0.05, 0.1) is 17.9 Å². The van der Waals surface area contributed by atoms with Crippen molar-refractivity contribution in [3.63, 3.8) is 0 Å². The molecule has 1 unspecified atom stereocenters. The molecule has 35 heavy (non-hydrogen) atoms. The zero-order chi connectivity index (χ0) is 23.9. The van der Waals surface area contributed by atoms with Gasteiger partial charge in [-0.25, -0.2) is 0 Å². The largest absolute Gasteiger partial charge is 0.345 e. The Morgan fingerprint density at radius 2 is 1.60 bits per heavy atom. The first-order valence-corrected chi connectivity index (χ1v) is 12.1. The minimum atomic E-state index is -0.688. The van der Waals surface area contributed by atoms with Crippen LogP contribution in [0.15, 0.2) is 72.8 Å². The molecule has 7 nitrogen and oxygen atoms in total. The second kappa shape index (κ2) is 8.58. The SMILES string of the molecule is O=C(CNC(=O)C1c2ccccc2C(=O)N1C1CC1)Nc1ccccc1N1CCc2ccccc21. The molecule has 2 heterocycles. The van der Waals surface area contributed by atoms with Crippen molar-refractivity contribution in [1.82, 2.24) is 10.2 Å². The highest BCUT2D eigenvalue weighted by Crippen LogP contribution is 2.42. The zero-order valence-corrected chi connectivity index (χ0v) is 19.2. The first-order valence-electron chi connectivity index (χ1n) is 12.1. The quantitative estimate of drug-likeness (QED) is 0.579. The van der Waals surface area contributed by atoms with Crippen LogP contribution in [0.2, 0.25) is 0 Å². The lowest BCUT2D eigenvalue weighted by Crippen LogP contribution is -2.42. The molecule has 0 bridgehead atoms. The first kappa shape index (κ1) is 21.4. The van der Waals surface area contributed by atoms with E-state index in [4.69, 9.17) is 0 Å². The molecular weight excluding hydrogens is 440 g/mol. The number of carbonyl (C=O) groups excluding carboxylic acids is 3. The minimum absolute atomic E-state index is 0.0923. The summed E-state index contributed by atoms with van der Waals surface area (Å²) in [5.41, 5.74) is 5.33. The molecular formula is C28H26N4O3. The van der Waals surface area contributed by atoms with Crippen LogP contribution in [-0.4, -0.2) is 41.8 Å². The van der Waals surface area contributed by atoms with Gasteiger partial charge in [0.15, 0.2) is 0 Å². The van der Waals surface area contributed by atoms with Gasteiger partial charge in [0.1, 0.15) is 6.04 Å². The molecule has 2 N–H and O–H groups in total. The maximum atomic E-state index is 13.2. The fourth-order valence-electron chi connectivity index (χ4n) is 5.19. The Morgan fingerprint density at radius 1 is 0.886 bits per heavy atom. The normalized spacial score (nSPS) is 18.3. The van der Waals surface area contributed by atoms with Crippen molar-refractivity contribution < 1.29 is 14.4 Å². The number of nitrogens with one attached hydrogen (secondary N) is 2. The number of carbonyl (C=O) groups is 3. The molecule has 176 valence electrons. The third-order valence-corrected chi connectivity index (χ3v) is 6.97. The summed E-state index contributed by atoms with van der Waals surface area (Å²) in [5, 5.41) is 5.73. The third-order valence-electron chi connectivity index (χ3n) is 6.97. The number of para-hydroxylation sites is 3. The topological polar surface area (TPSA) is 81.8 Å². The average Bonchev–Trinajstić information content (AvgIpc) is 3.56. The second-order valence-electron chi connectivity index (χ2n) is 9.25. The van der Waals surface area contributed by atoms with Crippen molar-refractivity contribution in [3.8, 4) is 0 Å². The van der Waals surface area contributed by atoms with E-state index in [1.807, 2.05) is 54.6 Å². The van der Waals surface area contributed by atoms with Crippen LogP contribution in [-0.2, 0) is 16.0 Å². The van der Waals surface area contributed by atoms with E-state index in [1.165, 1.54) is 5.56 Å². The Bertz CT molecular complexity index is 1330. The third kappa shape index (κ3) is 3.83. The van der Waals surface area contributed by atoms with Crippen molar-refractivity contribution in [3.05, 3.63) is 89.5 Å². The minimum Gasteiger partial charge on any atom is -0.345 e. The van der Waals surface area contributed by atoms with Crippen molar-refractivity contribution in [2.24, 2.45) is 0 Å². The van der Waals surface area contributed by atoms with Gasteiger partial charge in [-0.3, -0.25) is 14.4 Å². The molecule has 6 rings (SSSR count). The van der Waals surface area contributed by atoms with Gasteiger partial charge in [0.25, 0.3) is 5.91 Å². The fourth-order valence-corrected chi connectivity index (χ4v) is 5.19. The summed E-state index contributed by atoms with van der Waals surface area (Å²) in [7, 11) is 0. The van der Waals surface area contributed by atoms with E-state index >= 15 is 0 Å². The highest BCUT2D eigenvalue weighted by molar-refractivity contribution is 6.06. The van der Waals surface area contributed by atoms with Gasteiger partial charge in [-0.2, -0.15) is 0 Å². The molecule has 0 spiro atoms. The summed E-state index contributed by atoms with van der Waals surface area (Å²) in [6.45, 7) is 0.671. The summed E-state index contributed by atoms with van der Waals surface area (Å²) >= 11 is 0. The van der Waals surface area contributed by atoms with E-state index < -0.39 is 6.04 Å². The van der Waals surface area contributed by atoms with Gasteiger partial charge in [0, 0.05) is 23.8 Å². The fraction of sp³-hybridized carbons (Fsp3) is 0.250. The van der Waals surface area contributed by atoms with Gasteiger partial charge < -0.3 is 20.4 Å². The summed E-state index contributed by atoms with van der Waals surface area (Å²) in [6.07, 6.45) is 2.76. The summed E-state index contributed by atoms with van der Waals surface area (Å²) in [6, 6.07) is 22.6. The van der Waals surface area contributed by atoms with Crippen LogP contribution in [0.3, 0.4) is 0 Å². The Labute approximate surface area is 203 Å². The van der Waals surface area contributed by atoms with Crippen LogP contribution in [0.25, 0.3) is 0 Å². The second-order valence-corrected chi connectivity index (χ2v) is 9.25. The Morgan fingerprint density at radius 3 is 2.43 bits per heavy atom. The molecule has 3 aliphatic rings. The van der Waals surface area contributed by atoms with E-state index in [2.05, 4.69) is 27.7 Å². The number of hydrogen-bond acceptors (Lipinski definition) is 4. The lowest BCUT2D eigenvalue weighted by atomic mass is 10.0. The lowest BCUT2D eigenvalue weighted by molar-refractivity contribution is -0.127. The zero-order valence-electron chi connectivity index (χ0n) is 19.2. The van der Waals surface area contributed by atoms with Crippen molar-refractivity contribution in [1.29, 1.82) is 0 Å². The van der Waals surface area contributed by atoms with Gasteiger partial charge >= 0.3 is 0 Å². The monoisotopic (exact) mass is 466 g/mol. The average molecular weight is 467 g/mol. The smallest absolute Gasteiger partial charge is 0.255 e. The van der Waals surface area contributed by atoms with E-state index in [1.54, 1.807) is 11.0 Å². The van der Waals surface area contributed by atoms with Crippen LogP contribution in [0.1, 0.15) is 40.4 Å². The summed E-state index contributed by atoms with van der Waals surface area (Å²) in [5.74, 6) is -0.742. The Kier molecular flexibility index (Phi) is 5.25. The number of nitrogens with zero attached hydrogens (tertiary/aromatic N) is 2. The number of fused-ring (bicyclic) bond motifs is 2. The molecule has 0 radical (unpaired) electrons. The molecule has 0 saturated heterocycles. The molecule has 3 aromatic carbocycles. The molecule has 0 aromatic heterocycles. The van der Waals surface area contributed by atoms with Gasteiger partial charge in [0.2, 0.25) is 11.8 Å². The number of hydrogen-bond donors (Lipinski definition) is 2. The van der Waals surface area contributed by atoms with E-state index in [0.29, 0.717) is 16.8 Å². The highest BCUT2D eigenvalue weighted by atomic mass is 16.2. The van der Waals surface area contributed by atoms with Crippen LogP contribution in [0.5, 0.6) is 0 Å². The molecule has 3 amide bonds. The first-order chi connectivity index (χ1) is 17.1. The predicted molar refractivity (Wildman–Crippen MR) is 134 cm³/mol. The van der Waals surface area contributed by atoms with Crippen molar-refractivity contribution in [2.75, 3.05) is 23.3 Å². The molecule has 1 saturated carbocycles. The van der Waals surface area contributed by atoms with Crippen molar-refractivity contribution in [2.45, 2.75) is 31.3 Å². The van der Waals surface area contributed by atoms with E-state index in [-0.39, 0.29) is 30.3 Å². The van der Waals surface area contributed by atoms with E-state index in [9.17, 15) is 14.4 Å². The molecule has 2 aliphatic heterocycles. The number of rotatable bonds is 6. The summed E-state index contributed by atoms with van der Waals surface area (Å²) in [4.78, 5) is 42.8. The van der Waals surface area contributed by atoms with Gasteiger partial charge in [-0.05, 0) is 54.7 Å². The molecule has 1 aliphatic carbocycles. The van der Waals surface area contributed by atoms with E-state index in [0.717, 1.165) is 37.2 Å². The van der Waals surface area contributed by atoms with Crippen LogP contribution in [0.4, 0.5) is 17.1 Å². The highest BCUT2D eigenvalue weighted by Gasteiger charge is 2.47. The van der Waals surface area contributed by atoms with Crippen LogP contribution >= 0.6 is 0 Å². The number of anilines is 3. The van der Waals surface area contributed by atoms with Crippen LogP contribution in [0, 0.1) is 0 Å². The van der Waals surface area contributed by atoms with Crippen molar-refractivity contribution >= 4 is 34.8 Å². The Balaban J connectivity index is 1.15. The molecule has 1 atom stereocenters. The number of amides is 3. The molecule has 7 heteroatoms. The summed E-state index contributed by atoms with van der Waals surface area (Å²) < 4.78 is 0. The maximum absolute atomic E-state index is 13.2. The van der Waals surface area contributed by atoms with Crippen LogP contribution < -0.4 is 15.5 Å². The lowest BCUT2D eigenvalue weighted by Gasteiger charge is -2.25. The van der Waals surface area contributed by atoms with Gasteiger partial charge in [-0.1, -0.05) is 48.5 Å².